The SMILES string of the molecule is COc1cc(-c2noc(-c3nnn(-c4cccc(C)c4)c3C)n2)cc(OC)c1OC. The van der Waals surface area contributed by atoms with Crippen molar-refractivity contribution in [1.82, 2.24) is 25.1 Å². The maximum Gasteiger partial charge on any atom is 0.280 e. The minimum atomic E-state index is 0.273. The Morgan fingerprint density at radius 2 is 1.67 bits per heavy atom. The average molecular weight is 407 g/mol. The Morgan fingerprint density at radius 3 is 2.30 bits per heavy atom. The number of hydrogen-bond donors (Lipinski definition) is 0. The van der Waals surface area contributed by atoms with Gasteiger partial charge in [-0.15, -0.1) is 5.10 Å². The van der Waals surface area contributed by atoms with Crippen LogP contribution in [0.15, 0.2) is 40.9 Å². The van der Waals surface area contributed by atoms with E-state index in [9.17, 15) is 0 Å². The molecule has 30 heavy (non-hydrogen) atoms. The van der Waals surface area contributed by atoms with E-state index in [0.717, 1.165) is 16.9 Å². The quantitative estimate of drug-likeness (QED) is 0.478. The molecule has 4 rings (SSSR count). The van der Waals surface area contributed by atoms with Gasteiger partial charge in [-0.3, -0.25) is 0 Å². The first kappa shape index (κ1) is 19.4. The molecule has 2 aromatic carbocycles. The van der Waals surface area contributed by atoms with Crippen LogP contribution in [0.5, 0.6) is 17.2 Å². The third-order valence-corrected chi connectivity index (χ3v) is 4.69. The van der Waals surface area contributed by atoms with Crippen LogP contribution in [0, 0.1) is 13.8 Å². The van der Waals surface area contributed by atoms with Crippen LogP contribution in [-0.2, 0) is 0 Å². The minimum Gasteiger partial charge on any atom is -0.493 e. The van der Waals surface area contributed by atoms with E-state index in [4.69, 9.17) is 18.7 Å². The second-order valence-corrected chi connectivity index (χ2v) is 6.61. The molecule has 4 aromatic rings. The summed E-state index contributed by atoms with van der Waals surface area (Å²) in [5.74, 6) is 2.13. The van der Waals surface area contributed by atoms with E-state index < -0.39 is 0 Å². The average Bonchev–Trinajstić information content (AvgIpc) is 3.39. The van der Waals surface area contributed by atoms with Crippen LogP contribution in [0.25, 0.3) is 28.7 Å². The Morgan fingerprint density at radius 1 is 0.933 bits per heavy atom. The highest BCUT2D eigenvalue weighted by molar-refractivity contribution is 5.67. The molecule has 0 aliphatic heterocycles. The Bertz CT molecular complexity index is 1170. The fourth-order valence-corrected chi connectivity index (χ4v) is 3.18. The van der Waals surface area contributed by atoms with Crippen LogP contribution in [-0.4, -0.2) is 46.5 Å². The normalized spacial score (nSPS) is 10.8. The lowest BCUT2D eigenvalue weighted by atomic mass is 10.1. The van der Waals surface area contributed by atoms with Gasteiger partial charge in [0.05, 0.1) is 32.7 Å². The maximum absolute atomic E-state index is 5.47. The molecular formula is C21H21N5O4. The first-order valence-electron chi connectivity index (χ1n) is 9.19. The number of aryl methyl sites for hydroxylation is 1. The fraction of sp³-hybridized carbons (Fsp3) is 0.238. The third-order valence-electron chi connectivity index (χ3n) is 4.69. The molecule has 0 fully saturated rings. The van der Waals surface area contributed by atoms with Gasteiger partial charge in [-0.25, -0.2) is 4.68 Å². The van der Waals surface area contributed by atoms with Gasteiger partial charge in [0.2, 0.25) is 11.6 Å². The van der Waals surface area contributed by atoms with Gasteiger partial charge in [-0.1, -0.05) is 22.5 Å². The van der Waals surface area contributed by atoms with Crippen molar-refractivity contribution >= 4 is 0 Å². The molecule has 0 N–H and O–H groups in total. The van der Waals surface area contributed by atoms with Crippen LogP contribution in [0.4, 0.5) is 0 Å². The highest BCUT2D eigenvalue weighted by Crippen LogP contribution is 2.40. The van der Waals surface area contributed by atoms with Gasteiger partial charge >= 0.3 is 0 Å². The molecule has 9 nitrogen and oxygen atoms in total. The highest BCUT2D eigenvalue weighted by Gasteiger charge is 2.21. The number of nitrogens with zero attached hydrogens (tertiary/aromatic N) is 5. The molecule has 9 heteroatoms. The number of methoxy groups -OCH3 is 3. The van der Waals surface area contributed by atoms with E-state index in [1.807, 2.05) is 38.1 Å². The van der Waals surface area contributed by atoms with Gasteiger partial charge in [-0.2, -0.15) is 4.98 Å². The van der Waals surface area contributed by atoms with E-state index >= 15 is 0 Å². The second kappa shape index (κ2) is 7.86. The fourth-order valence-electron chi connectivity index (χ4n) is 3.18. The van der Waals surface area contributed by atoms with Crippen LogP contribution < -0.4 is 14.2 Å². The van der Waals surface area contributed by atoms with Gasteiger partial charge < -0.3 is 18.7 Å². The summed E-state index contributed by atoms with van der Waals surface area (Å²) in [6, 6.07) is 11.5. The van der Waals surface area contributed by atoms with E-state index in [-0.39, 0.29) is 5.89 Å². The standard InChI is InChI=1S/C21H21N5O4/c1-12-7-6-8-15(9-12)26-13(2)18(23-25-26)21-22-20(24-30-21)14-10-16(27-3)19(29-5)17(11-14)28-4/h6-11H,1-5H3. The van der Waals surface area contributed by atoms with Crippen molar-refractivity contribution in [2.45, 2.75) is 13.8 Å². The van der Waals surface area contributed by atoms with Crippen molar-refractivity contribution in [3.8, 4) is 45.9 Å². The Balaban J connectivity index is 1.72. The number of benzene rings is 2. The minimum absolute atomic E-state index is 0.273. The van der Waals surface area contributed by atoms with Crippen LogP contribution in [0.3, 0.4) is 0 Å². The van der Waals surface area contributed by atoms with E-state index in [1.54, 1.807) is 38.1 Å². The van der Waals surface area contributed by atoms with E-state index in [0.29, 0.717) is 34.3 Å². The molecule has 0 saturated heterocycles. The lowest BCUT2D eigenvalue weighted by Gasteiger charge is -2.12. The van der Waals surface area contributed by atoms with Crippen molar-refractivity contribution in [3.63, 3.8) is 0 Å². The van der Waals surface area contributed by atoms with Gasteiger partial charge in [0.1, 0.15) is 0 Å². The first-order chi connectivity index (χ1) is 14.5. The Hall–Kier alpha value is -3.88. The lowest BCUT2D eigenvalue weighted by molar-refractivity contribution is 0.324. The summed E-state index contributed by atoms with van der Waals surface area (Å²) in [5.41, 5.74) is 4.01. The predicted molar refractivity (Wildman–Crippen MR) is 109 cm³/mol. The van der Waals surface area contributed by atoms with Gasteiger partial charge in [-0.05, 0) is 43.7 Å². The summed E-state index contributed by atoms with van der Waals surface area (Å²) < 4.78 is 23.4. The summed E-state index contributed by atoms with van der Waals surface area (Å²) in [5, 5.41) is 12.6. The number of ether oxygens (including phenoxy) is 3. The summed E-state index contributed by atoms with van der Waals surface area (Å²) in [4.78, 5) is 4.50. The van der Waals surface area contributed by atoms with Crippen molar-refractivity contribution in [1.29, 1.82) is 0 Å². The van der Waals surface area contributed by atoms with E-state index in [1.165, 1.54) is 0 Å². The molecule has 0 radical (unpaired) electrons. The molecule has 2 aromatic heterocycles. The second-order valence-electron chi connectivity index (χ2n) is 6.61. The Labute approximate surface area is 173 Å². The molecule has 0 bridgehead atoms. The summed E-state index contributed by atoms with van der Waals surface area (Å²) in [6.45, 7) is 3.93. The van der Waals surface area contributed by atoms with Gasteiger partial charge in [0.15, 0.2) is 17.2 Å². The monoisotopic (exact) mass is 407 g/mol. The summed E-state index contributed by atoms with van der Waals surface area (Å²) in [6.07, 6.45) is 0. The summed E-state index contributed by atoms with van der Waals surface area (Å²) in [7, 11) is 4.65. The Kier molecular flexibility index (Phi) is 5.09. The van der Waals surface area contributed by atoms with Crippen molar-refractivity contribution in [3.05, 3.63) is 47.7 Å². The van der Waals surface area contributed by atoms with Crippen LogP contribution in [0.1, 0.15) is 11.3 Å². The molecule has 0 unspecified atom stereocenters. The number of rotatable bonds is 6. The van der Waals surface area contributed by atoms with Crippen molar-refractivity contribution in [2.75, 3.05) is 21.3 Å². The molecule has 0 atom stereocenters. The molecule has 0 spiro atoms. The molecule has 0 saturated carbocycles. The summed E-state index contributed by atoms with van der Waals surface area (Å²) >= 11 is 0. The largest absolute Gasteiger partial charge is 0.493 e. The predicted octanol–water partition coefficient (Wildman–Crippen LogP) is 3.63. The zero-order chi connectivity index (χ0) is 21.3. The molecule has 0 amide bonds. The molecule has 2 heterocycles. The van der Waals surface area contributed by atoms with Crippen molar-refractivity contribution in [2.24, 2.45) is 0 Å². The van der Waals surface area contributed by atoms with Crippen LogP contribution in [0.2, 0.25) is 0 Å². The number of hydrogen-bond acceptors (Lipinski definition) is 8. The number of aromatic nitrogens is 5. The molecule has 0 aliphatic carbocycles. The lowest BCUT2D eigenvalue weighted by Crippen LogP contribution is -1.99. The zero-order valence-corrected chi connectivity index (χ0v) is 17.3. The topological polar surface area (TPSA) is 97.3 Å². The van der Waals surface area contributed by atoms with Crippen LogP contribution >= 0.6 is 0 Å². The zero-order valence-electron chi connectivity index (χ0n) is 17.3. The molecule has 154 valence electrons. The maximum atomic E-state index is 5.47. The van der Waals surface area contributed by atoms with Gasteiger partial charge in [0.25, 0.3) is 5.89 Å². The third kappa shape index (κ3) is 3.34. The van der Waals surface area contributed by atoms with E-state index in [2.05, 4.69) is 20.5 Å². The van der Waals surface area contributed by atoms with Crippen molar-refractivity contribution < 1.29 is 18.7 Å². The van der Waals surface area contributed by atoms with Gasteiger partial charge in [0, 0.05) is 5.56 Å². The smallest absolute Gasteiger partial charge is 0.280 e. The molecule has 0 aliphatic rings. The molecular weight excluding hydrogens is 386 g/mol. The highest BCUT2D eigenvalue weighted by atomic mass is 16.5. The first-order valence-corrected chi connectivity index (χ1v) is 9.19.